The Kier molecular flexibility index (Phi) is 4.46. The summed E-state index contributed by atoms with van der Waals surface area (Å²) >= 11 is 0. The third-order valence-electron chi connectivity index (χ3n) is 2.56. The quantitative estimate of drug-likeness (QED) is 0.866. The number of aryl methyl sites for hydroxylation is 1. The average molecular weight is 265 g/mol. The molecule has 2 aromatic rings. The van der Waals surface area contributed by atoms with Gasteiger partial charge in [0.05, 0.1) is 0 Å². The molecule has 0 radical (unpaired) electrons. The lowest BCUT2D eigenvalue weighted by Crippen LogP contribution is -2.01. The van der Waals surface area contributed by atoms with Crippen LogP contribution in [0.25, 0.3) is 0 Å². The lowest BCUT2D eigenvalue weighted by atomic mass is 10.2. The Bertz CT molecular complexity index is 542. The number of nitrogens with zero attached hydrogens (tertiary/aromatic N) is 2. The van der Waals surface area contributed by atoms with Crippen molar-refractivity contribution in [1.82, 2.24) is 10.1 Å². The molecule has 0 unspecified atom stereocenters. The maximum atomic E-state index is 13.6. The van der Waals surface area contributed by atoms with E-state index in [0.29, 0.717) is 18.3 Å². The molecule has 0 aliphatic carbocycles. The molecule has 0 atom stereocenters. The van der Waals surface area contributed by atoms with E-state index in [1.807, 2.05) is 6.92 Å². The second-order valence-electron chi connectivity index (χ2n) is 4.11. The number of benzene rings is 1. The number of halogens is 1. The molecule has 1 heterocycles. The van der Waals surface area contributed by atoms with Crippen molar-refractivity contribution in [2.24, 2.45) is 5.73 Å². The molecule has 0 spiro atoms. The standard InChI is InChI=1S/C13H16FN3O2/c1-2-3-13-16-12(17-19-13)8-18-11-5-4-9(7-15)6-10(11)14/h4-6H,2-3,7-8,15H2,1H3. The third kappa shape index (κ3) is 3.51. The highest BCUT2D eigenvalue weighted by molar-refractivity contribution is 5.29. The number of ether oxygens (including phenoxy) is 1. The molecule has 6 heteroatoms. The highest BCUT2D eigenvalue weighted by Gasteiger charge is 2.09. The van der Waals surface area contributed by atoms with Crippen LogP contribution in [0.15, 0.2) is 22.7 Å². The fourth-order valence-corrected chi connectivity index (χ4v) is 1.59. The molecule has 1 aromatic heterocycles. The van der Waals surface area contributed by atoms with E-state index < -0.39 is 5.82 Å². The van der Waals surface area contributed by atoms with Gasteiger partial charge < -0.3 is 15.0 Å². The molecule has 0 bridgehead atoms. The van der Waals surface area contributed by atoms with E-state index in [9.17, 15) is 4.39 Å². The number of nitrogens with two attached hydrogens (primary N) is 1. The van der Waals surface area contributed by atoms with Gasteiger partial charge in [-0.25, -0.2) is 4.39 Å². The van der Waals surface area contributed by atoms with Crippen LogP contribution in [0.4, 0.5) is 4.39 Å². The van der Waals surface area contributed by atoms with Gasteiger partial charge in [0.1, 0.15) is 0 Å². The van der Waals surface area contributed by atoms with Crippen LogP contribution in [-0.4, -0.2) is 10.1 Å². The summed E-state index contributed by atoms with van der Waals surface area (Å²) in [7, 11) is 0. The van der Waals surface area contributed by atoms with Crippen molar-refractivity contribution < 1.29 is 13.7 Å². The molecule has 102 valence electrons. The van der Waals surface area contributed by atoms with E-state index in [0.717, 1.165) is 18.4 Å². The summed E-state index contributed by atoms with van der Waals surface area (Å²) in [6.07, 6.45) is 1.66. The van der Waals surface area contributed by atoms with E-state index in [2.05, 4.69) is 10.1 Å². The lowest BCUT2D eigenvalue weighted by molar-refractivity contribution is 0.272. The van der Waals surface area contributed by atoms with Crippen molar-refractivity contribution in [3.8, 4) is 5.75 Å². The van der Waals surface area contributed by atoms with Crippen LogP contribution < -0.4 is 10.5 Å². The summed E-state index contributed by atoms with van der Waals surface area (Å²) in [6, 6.07) is 4.62. The zero-order valence-corrected chi connectivity index (χ0v) is 10.7. The first kappa shape index (κ1) is 13.5. The zero-order chi connectivity index (χ0) is 13.7. The third-order valence-corrected chi connectivity index (χ3v) is 2.56. The van der Waals surface area contributed by atoms with Gasteiger partial charge in [0, 0.05) is 13.0 Å². The Morgan fingerprint density at radius 1 is 1.42 bits per heavy atom. The van der Waals surface area contributed by atoms with Crippen LogP contribution in [0.1, 0.15) is 30.6 Å². The summed E-state index contributed by atoms with van der Waals surface area (Å²) in [4.78, 5) is 4.13. The number of hydrogen-bond acceptors (Lipinski definition) is 5. The summed E-state index contributed by atoms with van der Waals surface area (Å²) in [6.45, 7) is 2.39. The highest BCUT2D eigenvalue weighted by Crippen LogP contribution is 2.19. The van der Waals surface area contributed by atoms with Crippen molar-refractivity contribution in [3.05, 3.63) is 41.3 Å². The molecule has 2 rings (SSSR count). The van der Waals surface area contributed by atoms with Gasteiger partial charge in [0.15, 0.2) is 18.2 Å². The maximum absolute atomic E-state index is 13.6. The monoisotopic (exact) mass is 265 g/mol. The van der Waals surface area contributed by atoms with E-state index in [-0.39, 0.29) is 12.4 Å². The lowest BCUT2D eigenvalue weighted by Gasteiger charge is -2.05. The first-order valence-corrected chi connectivity index (χ1v) is 6.15. The number of hydrogen-bond donors (Lipinski definition) is 1. The van der Waals surface area contributed by atoms with Gasteiger partial charge in [-0.05, 0) is 24.1 Å². The van der Waals surface area contributed by atoms with Gasteiger partial charge >= 0.3 is 0 Å². The fourth-order valence-electron chi connectivity index (χ4n) is 1.59. The van der Waals surface area contributed by atoms with Crippen molar-refractivity contribution in [1.29, 1.82) is 0 Å². The minimum absolute atomic E-state index is 0.0755. The summed E-state index contributed by atoms with van der Waals surface area (Å²) in [5.74, 6) is 0.685. The molecule has 0 saturated heterocycles. The van der Waals surface area contributed by atoms with Crippen LogP contribution >= 0.6 is 0 Å². The van der Waals surface area contributed by atoms with Crippen molar-refractivity contribution in [2.75, 3.05) is 0 Å². The summed E-state index contributed by atoms with van der Waals surface area (Å²) in [5.41, 5.74) is 6.14. The minimum atomic E-state index is -0.444. The molecule has 1 aromatic carbocycles. The van der Waals surface area contributed by atoms with Gasteiger partial charge in [0.2, 0.25) is 11.7 Å². The Labute approximate surface area is 110 Å². The van der Waals surface area contributed by atoms with Crippen LogP contribution in [0.2, 0.25) is 0 Å². The summed E-state index contributed by atoms with van der Waals surface area (Å²) < 4.78 is 23.9. The molecular weight excluding hydrogens is 249 g/mol. The smallest absolute Gasteiger partial charge is 0.226 e. The van der Waals surface area contributed by atoms with Crippen LogP contribution in [0, 0.1) is 5.82 Å². The van der Waals surface area contributed by atoms with E-state index in [1.165, 1.54) is 6.07 Å². The maximum Gasteiger partial charge on any atom is 0.226 e. The van der Waals surface area contributed by atoms with Gasteiger partial charge in [-0.3, -0.25) is 0 Å². The Morgan fingerprint density at radius 2 is 2.26 bits per heavy atom. The van der Waals surface area contributed by atoms with Gasteiger partial charge in [0.25, 0.3) is 0 Å². The molecule has 0 fully saturated rings. The molecule has 19 heavy (non-hydrogen) atoms. The topological polar surface area (TPSA) is 74.2 Å². The van der Waals surface area contributed by atoms with Gasteiger partial charge in [-0.2, -0.15) is 4.98 Å². The Balaban J connectivity index is 1.97. The molecule has 2 N–H and O–H groups in total. The van der Waals surface area contributed by atoms with Crippen molar-refractivity contribution in [3.63, 3.8) is 0 Å². The molecule has 0 aliphatic heterocycles. The molecule has 5 nitrogen and oxygen atoms in total. The SMILES string of the molecule is CCCc1nc(COc2ccc(CN)cc2F)no1. The Hall–Kier alpha value is -1.95. The first-order chi connectivity index (χ1) is 9.22. The van der Waals surface area contributed by atoms with Crippen LogP contribution in [-0.2, 0) is 19.6 Å². The minimum Gasteiger partial charge on any atom is -0.482 e. The predicted molar refractivity (Wildman–Crippen MR) is 66.9 cm³/mol. The molecule has 0 amide bonds. The first-order valence-electron chi connectivity index (χ1n) is 6.15. The van der Waals surface area contributed by atoms with Crippen molar-refractivity contribution in [2.45, 2.75) is 32.9 Å². The van der Waals surface area contributed by atoms with Crippen LogP contribution in [0.3, 0.4) is 0 Å². The van der Waals surface area contributed by atoms with Crippen LogP contribution in [0.5, 0.6) is 5.75 Å². The van der Waals surface area contributed by atoms with Crippen molar-refractivity contribution >= 4 is 0 Å². The van der Waals surface area contributed by atoms with Gasteiger partial charge in [-0.15, -0.1) is 0 Å². The van der Waals surface area contributed by atoms with E-state index in [1.54, 1.807) is 12.1 Å². The second kappa shape index (κ2) is 6.29. The van der Waals surface area contributed by atoms with Gasteiger partial charge in [-0.1, -0.05) is 18.1 Å². The second-order valence-corrected chi connectivity index (χ2v) is 4.11. The molecular formula is C13H16FN3O2. The zero-order valence-electron chi connectivity index (χ0n) is 10.7. The number of aromatic nitrogens is 2. The Morgan fingerprint density at radius 3 is 2.95 bits per heavy atom. The predicted octanol–water partition coefficient (Wildman–Crippen LogP) is 2.20. The highest BCUT2D eigenvalue weighted by atomic mass is 19.1. The largest absolute Gasteiger partial charge is 0.482 e. The summed E-state index contributed by atoms with van der Waals surface area (Å²) in [5, 5.41) is 3.76. The average Bonchev–Trinajstić information content (AvgIpc) is 2.85. The normalized spacial score (nSPS) is 10.7. The fraction of sp³-hybridized carbons (Fsp3) is 0.385. The number of rotatable bonds is 6. The molecule has 0 aliphatic rings. The molecule has 0 saturated carbocycles. The van der Waals surface area contributed by atoms with E-state index >= 15 is 0 Å². The van der Waals surface area contributed by atoms with E-state index in [4.69, 9.17) is 15.0 Å².